The van der Waals surface area contributed by atoms with E-state index in [0.29, 0.717) is 18.7 Å². The zero-order chi connectivity index (χ0) is 15.5. The van der Waals surface area contributed by atoms with Gasteiger partial charge in [0.1, 0.15) is 0 Å². The smallest absolute Gasteiger partial charge is 0.227 e. The summed E-state index contributed by atoms with van der Waals surface area (Å²) in [4.78, 5) is 14.2. The highest BCUT2D eigenvalue weighted by Gasteiger charge is 2.34. The first kappa shape index (κ1) is 15.8. The van der Waals surface area contributed by atoms with Gasteiger partial charge in [-0.1, -0.05) is 19.1 Å². The summed E-state index contributed by atoms with van der Waals surface area (Å²) in [5.41, 5.74) is 7.20. The number of sulfone groups is 1. The molecule has 0 aliphatic carbocycles. The fraction of sp³-hybridized carbons (Fsp3) is 0.533. The Kier molecular flexibility index (Phi) is 4.88. The van der Waals surface area contributed by atoms with Gasteiger partial charge in [-0.3, -0.25) is 4.79 Å². The Balaban J connectivity index is 2.07. The van der Waals surface area contributed by atoms with Crippen molar-refractivity contribution < 1.29 is 13.2 Å². The number of nitrogens with zero attached hydrogens (tertiary/aromatic N) is 1. The molecule has 1 atom stereocenters. The van der Waals surface area contributed by atoms with Gasteiger partial charge in [0.2, 0.25) is 5.91 Å². The molecule has 1 fully saturated rings. The minimum absolute atomic E-state index is 0.0104. The highest BCUT2D eigenvalue weighted by molar-refractivity contribution is 7.91. The molecule has 1 aromatic rings. The number of hydrogen-bond donors (Lipinski definition) is 1. The first-order valence-electron chi connectivity index (χ1n) is 7.25. The average Bonchev–Trinajstić information content (AvgIpc) is 2.78. The zero-order valence-corrected chi connectivity index (χ0v) is 13.1. The molecule has 1 saturated heterocycles. The number of carbonyl (C=O) groups is 1. The van der Waals surface area contributed by atoms with Crippen LogP contribution in [0.2, 0.25) is 0 Å². The first-order valence-corrected chi connectivity index (χ1v) is 9.07. The predicted octanol–water partition coefficient (Wildman–Crippen LogP) is 1.24. The number of benzene rings is 1. The Morgan fingerprint density at radius 1 is 1.33 bits per heavy atom. The van der Waals surface area contributed by atoms with Gasteiger partial charge >= 0.3 is 0 Å². The molecule has 2 N–H and O–H groups in total. The van der Waals surface area contributed by atoms with E-state index in [-0.39, 0.29) is 29.9 Å². The quantitative estimate of drug-likeness (QED) is 0.830. The van der Waals surface area contributed by atoms with Crippen LogP contribution in [0, 0.1) is 0 Å². The van der Waals surface area contributed by atoms with Crippen molar-refractivity contribution >= 4 is 21.4 Å². The number of carbonyl (C=O) groups excluding carboxylic acids is 1. The van der Waals surface area contributed by atoms with Crippen molar-refractivity contribution in [3.63, 3.8) is 0 Å². The fourth-order valence-corrected chi connectivity index (χ4v) is 4.42. The van der Waals surface area contributed by atoms with Crippen molar-refractivity contribution in [2.75, 3.05) is 23.8 Å². The minimum Gasteiger partial charge on any atom is -0.399 e. The Morgan fingerprint density at radius 3 is 2.52 bits per heavy atom. The van der Waals surface area contributed by atoms with Crippen molar-refractivity contribution in [3.05, 3.63) is 29.8 Å². The monoisotopic (exact) mass is 310 g/mol. The van der Waals surface area contributed by atoms with Gasteiger partial charge in [0.05, 0.1) is 17.9 Å². The van der Waals surface area contributed by atoms with Crippen LogP contribution in [0.1, 0.15) is 25.3 Å². The van der Waals surface area contributed by atoms with Crippen molar-refractivity contribution in [1.29, 1.82) is 0 Å². The van der Waals surface area contributed by atoms with Crippen LogP contribution in [0.3, 0.4) is 0 Å². The molecular formula is C15H22N2O3S. The van der Waals surface area contributed by atoms with Crippen molar-refractivity contribution in [2.45, 2.75) is 32.2 Å². The van der Waals surface area contributed by atoms with Gasteiger partial charge in [-0.15, -0.1) is 0 Å². The third-order valence-corrected chi connectivity index (χ3v) is 5.52. The molecule has 0 spiro atoms. The van der Waals surface area contributed by atoms with E-state index in [4.69, 9.17) is 5.73 Å². The second-order valence-electron chi connectivity index (χ2n) is 5.56. The molecule has 2 rings (SSSR count). The first-order chi connectivity index (χ1) is 9.91. The van der Waals surface area contributed by atoms with E-state index >= 15 is 0 Å². The van der Waals surface area contributed by atoms with E-state index in [0.717, 1.165) is 12.0 Å². The van der Waals surface area contributed by atoms with Crippen LogP contribution in [-0.4, -0.2) is 43.3 Å². The highest BCUT2D eigenvalue weighted by atomic mass is 32.2. The molecule has 0 radical (unpaired) electrons. The summed E-state index contributed by atoms with van der Waals surface area (Å²) < 4.78 is 23.2. The largest absolute Gasteiger partial charge is 0.399 e. The Bertz CT molecular complexity index is 596. The van der Waals surface area contributed by atoms with Crippen LogP contribution in [-0.2, 0) is 21.1 Å². The SMILES string of the molecule is CCCN(C(=O)Cc1ccc(N)cc1)C1CCS(=O)(=O)C1. The molecule has 5 nitrogen and oxygen atoms in total. The fourth-order valence-electron chi connectivity index (χ4n) is 2.68. The van der Waals surface area contributed by atoms with E-state index in [1.165, 1.54) is 0 Å². The predicted molar refractivity (Wildman–Crippen MR) is 83.6 cm³/mol. The number of hydrogen-bond acceptors (Lipinski definition) is 4. The zero-order valence-electron chi connectivity index (χ0n) is 12.3. The summed E-state index contributed by atoms with van der Waals surface area (Å²) in [6, 6.07) is 7.04. The lowest BCUT2D eigenvalue weighted by molar-refractivity contribution is -0.132. The topological polar surface area (TPSA) is 80.5 Å². The normalized spacial score (nSPS) is 20.3. The molecule has 0 bridgehead atoms. The van der Waals surface area contributed by atoms with Crippen LogP contribution < -0.4 is 5.73 Å². The van der Waals surface area contributed by atoms with Crippen LogP contribution in [0.4, 0.5) is 5.69 Å². The van der Waals surface area contributed by atoms with Crippen LogP contribution in [0.5, 0.6) is 0 Å². The summed E-state index contributed by atoms with van der Waals surface area (Å²) in [5.74, 6) is 0.275. The number of rotatable bonds is 5. The molecule has 1 amide bonds. The van der Waals surface area contributed by atoms with Gasteiger partial charge in [0, 0.05) is 18.3 Å². The third kappa shape index (κ3) is 4.20. The molecule has 0 aromatic heterocycles. The van der Waals surface area contributed by atoms with Gasteiger partial charge in [-0.05, 0) is 30.5 Å². The lowest BCUT2D eigenvalue weighted by atomic mass is 10.1. The number of amides is 1. The molecule has 21 heavy (non-hydrogen) atoms. The van der Waals surface area contributed by atoms with Crippen molar-refractivity contribution in [3.8, 4) is 0 Å². The summed E-state index contributed by atoms with van der Waals surface area (Å²) in [5, 5.41) is 0. The molecule has 0 saturated carbocycles. The molecule has 1 aliphatic rings. The Hall–Kier alpha value is -1.56. The molecule has 1 unspecified atom stereocenters. The van der Waals surface area contributed by atoms with Crippen LogP contribution >= 0.6 is 0 Å². The number of nitrogen functional groups attached to an aromatic ring is 1. The van der Waals surface area contributed by atoms with Gasteiger partial charge < -0.3 is 10.6 Å². The van der Waals surface area contributed by atoms with E-state index in [1.807, 2.05) is 19.1 Å². The van der Waals surface area contributed by atoms with Gasteiger partial charge in [0.15, 0.2) is 9.84 Å². The summed E-state index contributed by atoms with van der Waals surface area (Å²) >= 11 is 0. The molecule has 1 heterocycles. The summed E-state index contributed by atoms with van der Waals surface area (Å²) in [6.45, 7) is 2.60. The lowest BCUT2D eigenvalue weighted by Crippen LogP contribution is -2.42. The second-order valence-corrected chi connectivity index (χ2v) is 7.79. The van der Waals surface area contributed by atoms with E-state index in [1.54, 1.807) is 17.0 Å². The maximum atomic E-state index is 12.5. The lowest BCUT2D eigenvalue weighted by Gasteiger charge is -2.28. The highest BCUT2D eigenvalue weighted by Crippen LogP contribution is 2.19. The number of anilines is 1. The molecule has 1 aromatic carbocycles. The van der Waals surface area contributed by atoms with E-state index < -0.39 is 9.84 Å². The van der Waals surface area contributed by atoms with E-state index in [2.05, 4.69) is 0 Å². The Labute approximate surface area is 126 Å². The van der Waals surface area contributed by atoms with Crippen LogP contribution in [0.15, 0.2) is 24.3 Å². The maximum Gasteiger partial charge on any atom is 0.227 e. The third-order valence-electron chi connectivity index (χ3n) is 3.77. The van der Waals surface area contributed by atoms with Gasteiger partial charge in [0.25, 0.3) is 0 Å². The standard InChI is InChI=1S/C15H22N2O3S/c1-2-8-17(14-7-9-21(19,20)11-14)15(18)10-12-3-5-13(16)6-4-12/h3-6,14H,2,7-11,16H2,1H3. The van der Waals surface area contributed by atoms with E-state index in [9.17, 15) is 13.2 Å². The van der Waals surface area contributed by atoms with Crippen molar-refractivity contribution in [2.24, 2.45) is 0 Å². The maximum absolute atomic E-state index is 12.5. The van der Waals surface area contributed by atoms with Crippen molar-refractivity contribution in [1.82, 2.24) is 4.90 Å². The van der Waals surface area contributed by atoms with Gasteiger partial charge in [-0.25, -0.2) is 8.42 Å². The number of nitrogens with two attached hydrogens (primary N) is 1. The summed E-state index contributed by atoms with van der Waals surface area (Å²) in [7, 11) is -2.98. The average molecular weight is 310 g/mol. The second kappa shape index (κ2) is 6.47. The molecule has 1 aliphatic heterocycles. The summed E-state index contributed by atoms with van der Waals surface area (Å²) in [6.07, 6.45) is 1.66. The Morgan fingerprint density at radius 2 is 2.00 bits per heavy atom. The molecular weight excluding hydrogens is 288 g/mol. The minimum atomic E-state index is -2.98. The van der Waals surface area contributed by atoms with Crippen LogP contribution in [0.25, 0.3) is 0 Å². The molecule has 116 valence electrons. The molecule has 6 heteroatoms. The van der Waals surface area contributed by atoms with Gasteiger partial charge in [-0.2, -0.15) is 0 Å².